The zero-order chi connectivity index (χ0) is 14.1. The molecule has 3 aromatic rings. The van der Waals surface area contributed by atoms with E-state index >= 15 is 0 Å². The molecular weight excluding hydrogens is 275 g/mol. The van der Waals surface area contributed by atoms with E-state index in [1.54, 1.807) is 6.07 Å². The number of nitrogens with zero attached hydrogens (tertiary/aromatic N) is 4. The first kappa shape index (κ1) is 13.1. The van der Waals surface area contributed by atoms with Crippen LogP contribution in [0.15, 0.2) is 35.5 Å². The summed E-state index contributed by atoms with van der Waals surface area (Å²) >= 11 is 1.52. The molecular formula is C14H13FN4S. The molecule has 0 fully saturated rings. The van der Waals surface area contributed by atoms with Crippen LogP contribution in [0.4, 0.5) is 4.39 Å². The number of rotatable bonds is 3. The number of thioether (sulfide) groups is 1. The second-order valence-corrected chi connectivity index (χ2v) is 5.48. The van der Waals surface area contributed by atoms with Gasteiger partial charge in [-0.2, -0.15) is 0 Å². The van der Waals surface area contributed by atoms with Gasteiger partial charge in [0.05, 0.1) is 0 Å². The third kappa shape index (κ3) is 2.51. The van der Waals surface area contributed by atoms with Crippen molar-refractivity contribution in [1.29, 1.82) is 0 Å². The van der Waals surface area contributed by atoms with Crippen LogP contribution >= 0.6 is 11.8 Å². The summed E-state index contributed by atoms with van der Waals surface area (Å²) < 4.78 is 15.1. The van der Waals surface area contributed by atoms with Gasteiger partial charge in [-0.15, -0.1) is 10.2 Å². The summed E-state index contributed by atoms with van der Waals surface area (Å²) in [7, 11) is 0. The highest BCUT2D eigenvalue weighted by Gasteiger charge is 2.10. The number of aromatic nitrogens is 4. The first-order valence-electron chi connectivity index (χ1n) is 6.20. The average molecular weight is 288 g/mol. The maximum atomic E-state index is 13.1. The van der Waals surface area contributed by atoms with Crippen molar-refractivity contribution in [2.24, 2.45) is 0 Å². The Bertz CT molecular complexity index is 769. The summed E-state index contributed by atoms with van der Waals surface area (Å²) in [6, 6.07) is 8.48. The van der Waals surface area contributed by atoms with Gasteiger partial charge in [-0.05, 0) is 31.5 Å². The maximum absolute atomic E-state index is 13.1. The van der Waals surface area contributed by atoms with Crippen LogP contribution in [-0.2, 0) is 5.75 Å². The highest BCUT2D eigenvalue weighted by atomic mass is 32.2. The van der Waals surface area contributed by atoms with Crippen LogP contribution in [0.5, 0.6) is 0 Å². The Labute approximate surface area is 120 Å². The standard InChI is InChI=1S/C14H13FN4S/c1-9-6-13-17-18-14(19(13)10(2)16-9)20-8-11-4-3-5-12(15)7-11/h3-7H,8H2,1-2H3. The van der Waals surface area contributed by atoms with Crippen LogP contribution in [-0.4, -0.2) is 19.6 Å². The lowest BCUT2D eigenvalue weighted by atomic mass is 10.2. The Morgan fingerprint density at radius 3 is 2.85 bits per heavy atom. The van der Waals surface area contributed by atoms with E-state index in [1.807, 2.05) is 30.4 Å². The molecule has 3 rings (SSSR count). The summed E-state index contributed by atoms with van der Waals surface area (Å²) in [4.78, 5) is 4.41. The fourth-order valence-corrected chi connectivity index (χ4v) is 3.00. The lowest BCUT2D eigenvalue weighted by Gasteiger charge is -2.04. The molecule has 2 heterocycles. The van der Waals surface area contributed by atoms with E-state index in [2.05, 4.69) is 15.2 Å². The fourth-order valence-electron chi connectivity index (χ4n) is 2.07. The van der Waals surface area contributed by atoms with Gasteiger partial charge in [-0.25, -0.2) is 9.37 Å². The second kappa shape index (κ2) is 5.20. The van der Waals surface area contributed by atoms with Crippen molar-refractivity contribution >= 4 is 17.4 Å². The molecule has 102 valence electrons. The molecule has 0 N–H and O–H groups in total. The molecule has 0 amide bonds. The highest BCUT2D eigenvalue weighted by Crippen LogP contribution is 2.23. The van der Waals surface area contributed by atoms with Gasteiger partial charge in [0.1, 0.15) is 11.6 Å². The van der Waals surface area contributed by atoms with Crippen LogP contribution < -0.4 is 0 Å². The molecule has 6 heteroatoms. The number of hydrogen-bond acceptors (Lipinski definition) is 4. The Kier molecular flexibility index (Phi) is 3.40. The van der Waals surface area contributed by atoms with Crippen molar-refractivity contribution in [2.75, 3.05) is 0 Å². The summed E-state index contributed by atoms with van der Waals surface area (Å²) in [5, 5.41) is 9.10. The third-order valence-corrected chi connectivity index (χ3v) is 3.92. The molecule has 4 nitrogen and oxygen atoms in total. The van der Waals surface area contributed by atoms with E-state index in [0.29, 0.717) is 5.75 Å². The molecule has 0 spiro atoms. The minimum Gasteiger partial charge on any atom is -0.258 e. The molecule has 0 unspecified atom stereocenters. The van der Waals surface area contributed by atoms with Crippen molar-refractivity contribution in [2.45, 2.75) is 24.8 Å². The second-order valence-electron chi connectivity index (χ2n) is 4.54. The predicted molar refractivity (Wildman–Crippen MR) is 76.2 cm³/mol. The van der Waals surface area contributed by atoms with E-state index in [0.717, 1.165) is 27.9 Å². The number of benzene rings is 1. The molecule has 0 aliphatic rings. The van der Waals surface area contributed by atoms with Gasteiger partial charge < -0.3 is 0 Å². The molecule has 0 aliphatic carbocycles. The lowest BCUT2D eigenvalue weighted by Crippen LogP contribution is -1.98. The van der Waals surface area contributed by atoms with E-state index in [9.17, 15) is 4.39 Å². The smallest absolute Gasteiger partial charge is 0.197 e. The third-order valence-electron chi connectivity index (χ3n) is 2.92. The summed E-state index contributed by atoms with van der Waals surface area (Å²) in [5.41, 5.74) is 2.63. The summed E-state index contributed by atoms with van der Waals surface area (Å²) in [6.07, 6.45) is 0. The Balaban J connectivity index is 1.88. The van der Waals surface area contributed by atoms with Gasteiger partial charge in [0, 0.05) is 17.5 Å². The number of aryl methyl sites for hydroxylation is 2. The minimum absolute atomic E-state index is 0.220. The average Bonchev–Trinajstić information content (AvgIpc) is 2.79. The van der Waals surface area contributed by atoms with Crippen molar-refractivity contribution in [3.63, 3.8) is 0 Å². The van der Waals surface area contributed by atoms with Crippen molar-refractivity contribution in [1.82, 2.24) is 19.6 Å². The summed E-state index contributed by atoms with van der Waals surface area (Å²) in [6.45, 7) is 3.86. The SMILES string of the molecule is Cc1cc2nnc(SCc3cccc(F)c3)n2c(C)n1. The van der Waals surface area contributed by atoms with Crippen LogP contribution in [0.3, 0.4) is 0 Å². The van der Waals surface area contributed by atoms with Crippen molar-refractivity contribution in [3.8, 4) is 0 Å². The maximum Gasteiger partial charge on any atom is 0.197 e. The Hall–Kier alpha value is -1.95. The van der Waals surface area contributed by atoms with Crippen LogP contribution in [0, 0.1) is 19.7 Å². The molecule has 20 heavy (non-hydrogen) atoms. The Morgan fingerprint density at radius 1 is 1.20 bits per heavy atom. The van der Waals surface area contributed by atoms with Gasteiger partial charge in [0.2, 0.25) is 0 Å². The molecule has 0 bridgehead atoms. The minimum atomic E-state index is -0.220. The summed E-state index contributed by atoms with van der Waals surface area (Å²) in [5.74, 6) is 1.28. The van der Waals surface area contributed by atoms with Crippen LogP contribution in [0.2, 0.25) is 0 Å². The Morgan fingerprint density at radius 2 is 2.05 bits per heavy atom. The lowest BCUT2D eigenvalue weighted by molar-refractivity contribution is 0.626. The van der Waals surface area contributed by atoms with Crippen LogP contribution in [0.25, 0.3) is 5.65 Å². The molecule has 0 saturated heterocycles. The first-order chi connectivity index (χ1) is 9.63. The van der Waals surface area contributed by atoms with E-state index < -0.39 is 0 Å². The quantitative estimate of drug-likeness (QED) is 0.694. The van der Waals surface area contributed by atoms with Crippen molar-refractivity contribution in [3.05, 3.63) is 53.2 Å². The molecule has 0 saturated carbocycles. The van der Waals surface area contributed by atoms with Gasteiger partial charge in [0.25, 0.3) is 0 Å². The molecule has 1 aromatic carbocycles. The predicted octanol–water partition coefficient (Wildman–Crippen LogP) is 3.17. The number of fused-ring (bicyclic) bond motifs is 1. The molecule has 0 radical (unpaired) electrons. The van der Waals surface area contributed by atoms with Crippen LogP contribution in [0.1, 0.15) is 17.1 Å². The largest absolute Gasteiger partial charge is 0.258 e. The van der Waals surface area contributed by atoms with E-state index in [-0.39, 0.29) is 5.82 Å². The zero-order valence-corrected chi connectivity index (χ0v) is 12.0. The molecule has 0 atom stereocenters. The zero-order valence-electron chi connectivity index (χ0n) is 11.2. The fraction of sp³-hybridized carbons (Fsp3) is 0.214. The van der Waals surface area contributed by atoms with Gasteiger partial charge in [-0.1, -0.05) is 23.9 Å². The van der Waals surface area contributed by atoms with Gasteiger partial charge >= 0.3 is 0 Å². The first-order valence-corrected chi connectivity index (χ1v) is 7.18. The van der Waals surface area contributed by atoms with Gasteiger partial charge in [0.15, 0.2) is 10.8 Å². The van der Waals surface area contributed by atoms with E-state index in [4.69, 9.17) is 0 Å². The monoisotopic (exact) mass is 288 g/mol. The number of hydrogen-bond donors (Lipinski definition) is 0. The topological polar surface area (TPSA) is 43.1 Å². The normalized spacial score (nSPS) is 11.2. The molecule has 2 aromatic heterocycles. The van der Waals surface area contributed by atoms with Crippen molar-refractivity contribution < 1.29 is 4.39 Å². The van der Waals surface area contributed by atoms with E-state index in [1.165, 1.54) is 23.9 Å². The molecule has 0 aliphatic heterocycles. The number of halogens is 1. The van der Waals surface area contributed by atoms with Gasteiger partial charge in [-0.3, -0.25) is 4.40 Å². The highest BCUT2D eigenvalue weighted by molar-refractivity contribution is 7.98.